The van der Waals surface area contributed by atoms with Crippen molar-refractivity contribution >= 4 is 11.3 Å². The number of hydrogen-bond donors (Lipinski definition) is 1. The van der Waals surface area contributed by atoms with Crippen molar-refractivity contribution in [3.63, 3.8) is 0 Å². The third kappa shape index (κ3) is 2.36. The Balaban J connectivity index is 1.80. The van der Waals surface area contributed by atoms with E-state index in [0.717, 1.165) is 18.5 Å². The Morgan fingerprint density at radius 2 is 2.11 bits per heavy atom. The van der Waals surface area contributed by atoms with E-state index < -0.39 is 0 Å². The SMILES string of the molecule is NCC(c1cccs1)N1CCC[C@H]2CCCC[C@H]21. The summed E-state index contributed by atoms with van der Waals surface area (Å²) in [6.45, 7) is 2.02. The highest BCUT2D eigenvalue weighted by Gasteiger charge is 2.36. The molecule has 1 saturated heterocycles. The zero-order chi connectivity index (χ0) is 12.4. The summed E-state index contributed by atoms with van der Waals surface area (Å²) in [5.41, 5.74) is 6.08. The summed E-state index contributed by atoms with van der Waals surface area (Å²) in [6, 6.07) is 5.69. The average molecular weight is 264 g/mol. The molecule has 0 bridgehead atoms. The molecule has 3 heteroatoms. The van der Waals surface area contributed by atoms with Gasteiger partial charge in [-0.05, 0) is 49.6 Å². The van der Waals surface area contributed by atoms with Crippen LogP contribution in [-0.4, -0.2) is 24.0 Å². The second-order valence-corrected chi connectivity index (χ2v) is 6.74. The number of piperidine rings is 1. The molecular weight excluding hydrogens is 240 g/mol. The van der Waals surface area contributed by atoms with Crippen LogP contribution < -0.4 is 5.73 Å². The van der Waals surface area contributed by atoms with Crippen LogP contribution in [0.15, 0.2) is 17.5 Å². The van der Waals surface area contributed by atoms with Crippen molar-refractivity contribution in [3.05, 3.63) is 22.4 Å². The molecule has 1 aromatic heterocycles. The molecule has 3 rings (SSSR count). The van der Waals surface area contributed by atoms with E-state index in [1.807, 2.05) is 11.3 Å². The lowest BCUT2D eigenvalue weighted by atomic mass is 9.77. The maximum Gasteiger partial charge on any atom is 0.0566 e. The molecule has 100 valence electrons. The Bertz CT molecular complexity index is 361. The van der Waals surface area contributed by atoms with Gasteiger partial charge in [-0.1, -0.05) is 18.9 Å². The summed E-state index contributed by atoms with van der Waals surface area (Å²) < 4.78 is 0. The number of rotatable bonds is 3. The van der Waals surface area contributed by atoms with Gasteiger partial charge in [-0.15, -0.1) is 11.3 Å². The van der Waals surface area contributed by atoms with Gasteiger partial charge in [0.2, 0.25) is 0 Å². The molecule has 1 aromatic rings. The van der Waals surface area contributed by atoms with Crippen LogP contribution in [0.2, 0.25) is 0 Å². The van der Waals surface area contributed by atoms with Gasteiger partial charge in [0.25, 0.3) is 0 Å². The second kappa shape index (κ2) is 5.72. The molecule has 1 aliphatic carbocycles. The molecule has 2 heterocycles. The standard InChI is InChI=1S/C15H24N2S/c16-11-14(15-8-4-10-18-15)17-9-3-6-12-5-1-2-7-13(12)17/h4,8,10,12-14H,1-3,5-7,9,11,16H2/t12-,13-,14?/m1/s1. The summed E-state index contributed by atoms with van der Waals surface area (Å²) in [6.07, 6.45) is 8.52. The molecule has 2 N–H and O–H groups in total. The first-order valence-electron chi connectivity index (χ1n) is 7.39. The normalized spacial score (nSPS) is 30.9. The van der Waals surface area contributed by atoms with Crippen LogP contribution in [-0.2, 0) is 0 Å². The number of likely N-dealkylation sites (tertiary alicyclic amines) is 1. The average Bonchev–Trinajstić information content (AvgIpc) is 2.94. The van der Waals surface area contributed by atoms with E-state index in [2.05, 4.69) is 22.4 Å². The van der Waals surface area contributed by atoms with Gasteiger partial charge < -0.3 is 5.73 Å². The minimum Gasteiger partial charge on any atom is -0.329 e. The number of fused-ring (bicyclic) bond motifs is 1. The van der Waals surface area contributed by atoms with E-state index in [9.17, 15) is 0 Å². The van der Waals surface area contributed by atoms with Crippen molar-refractivity contribution < 1.29 is 0 Å². The van der Waals surface area contributed by atoms with Crippen molar-refractivity contribution in [1.29, 1.82) is 0 Å². The molecule has 2 aliphatic rings. The first-order chi connectivity index (χ1) is 8.90. The minimum absolute atomic E-state index is 0.468. The number of nitrogens with zero attached hydrogens (tertiary/aromatic N) is 1. The third-order valence-corrected chi connectivity index (χ3v) is 5.75. The zero-order valence-electron chi connectivity index (χ0n) is 11.1. The van der Waals surface area contributed by atoms with Crippen LogP contribution in [0.3, 0.4) is 0 Å². The quantitative estimate of drug-likeness (QED) is 0.906. The smallest absolute Gasteiger partial charge is 0.0566 e. The predicted molar refractivity (Wildman–Crippen MR) is 77.8 cm³/mol. The lowest BCUT2D eigenvalue weighted by Gasteiger charge is -2.47. The van der Waals surface area contributed by atoms with E-state index in [4.69, 9.17) is 5.73 Å². The fourth-order valence-corrected chi connectivity index (χ4v) is 4.81. The maximum atomic E-state index is 6.08. The highest BCUT2D eigenvalue weighted by molar-refractivity contribution is 7.10. The van der Waals surface area contributed by atoms with E-state index in [0.29, 0.717) is 6.04 Å². The molecule has 18 heavy (non-hydrogen) atoms. The van der Waals surface area contributed by atoms with Crippen LogP contribution in [0.25, 0.3) is 0 Å². The fraction of sp³-hybridized carbons (Fsp3) is 0.733. The largest absolute Gasteiger partial charge is 0.329 e. The highest BCUT2D eigenvalue weighted by Crippen LogP contribution is 2.39. The summed E-state index contributed by atoms with van der Waals surface area (Å²) in [7, 11) is 0. The molecule has 2 nitrogen and oxygen atoms in total. The molecule has 0 amide bonds. The Kier molecular flexibility index (Phi) is 4.02. The summed E-state index contributed by atoms with van der Waals surface area (Å²) >= 11 is 1.87. The van der Waals surface area contributed by atoms with Gasteiger partial charge in [-0.3, -0.25) is 4.90 Å². The topological polar surface area (TPSA) is 29.3 Å². The highest BCUT2D eigenvalue weighted by atomic mass is 32.1. The van der Waals surface area contributed by atoms with Crippen molar-refractivity contribution in [2.75, 3.05) is 13.1 Å². The molecular formula is C15H24N2S. The number of nitrogens with two attached hydrogens (primary N) is 1. The first-order valence-corrected chi connectivity index (χ1v) is 8.27. The van der Waals surface area contributed by atoms with Crippen LogP contribution in [0.5, 0.6) is 0 Å². The Hall–Kier alpha value is -0.380. The Labute approximate surface area is 114 Å². The predicted octanol–water partition coefficient (Wildman–Crippen LogP) is 3.40. The van der Waals surface area contributed by atoms with Gasteiger partial charge in [-0.2, -0.15) is 0 Å². The fourth-order valence-electron chi connectivity index (χ4n) is 3.95. The van der Waals surface area contributed by atoms with Gasteiger partial charge in [0.1, 0.15) is 0 Å². The second-order valence-electron chi connectivity index (χ2n) is 5.76. The first kappa shape index (κ1) is 12.6. The van der Waals surface area contributed by atoms with Crippen molar-refractivity contribution in [2.45, 2.75) is 50.6 Å². The van der Waals surface area contributed by atoms with Gasteiger partial charge >= 0.3 is 0 Å². The molecule has 1 aliphatic heterocycles. The summed E-state index contributed by atoms with van der Waals surface area (Å²) in [5, 5.41) is 2.18. The molecule has 2 fully saturated rings. The van der Waals surface area contributed by atoms with Crippen LogP contribution in [0.1, 0.15) is 49.4 Å². The number of thiophene rings is 1. The number of hydrogen-bond acceptors (Lipinski definition) is 3. The van der Waals surface area contributed by atoms with E-state index in [1.165, 1.54) is 49.9 Å². The maximum absolute atomic E-state index is 6.08. The third-order valence-electron chi connectivity index (χ3n) is 4.78. The Morgan fingerprint density at radius 3 is 2.89 bits per heavy atom. The molecule has 0 spiro atoms. The molecule has 0 radical (unpaired) electrons. The van der Waals surface area contributed by atoms with Gasteiger partial charge in [-0.25, -0.2) is 0 Å². The lowest BCUT2D eigenvalue weighted by Crippen LogP contribution is -2.49. The van der Waals surface area contributed by atoms with Gasteiger partial charge in [0.15, 0.2) is 0 Å². The summed E-state index contributed by atoms with van der Waals surface area (Å²) in [5.74, 6) is 0.946. The molecule has 1 unspecified atom stereocenters. The van der Waals surface area contributed by atoms with Crippen molar-refractivity contribution in [2.24, 2.45) is 11.7 Å². The molecule has 3 atom stereocenters. The molecule has 1 saturated carbocycles. The van der Waals surface area contributed by atoms with E-state index in [1.54, 1.807) is 0 Å². The van der Waals surface area contributed by atoms with Crippen molar-refractivity contribution in [3.8, 4) is 0 Å². The monoisotopic (exact) mass is 264 g/mol. The van der Waals surface area contributed by atoms with Gasteiger partial charge in [0.05, 0.1) is 6.04 Å². The van der Waals surface area contributed by atoms with Crippen molar-refractivity contribution in [1.82, 2.24) is 4.90 Å². The van der Waals surface area contributed by atoms with Crippen LogP contribution in [0, 0.1) is 5.92 Å². The van der Waals surface area contributed by atoms with Crippen LogP contribution in [0.4, 0.5) is 0 Å². The van der Waals surface area contributed by atoms with E-state index in [-0.39, 0.29) is 0 Å². The zero-order valence-corrected chi connectivity index (χ0v) is 11.9. The lowest BCUT2D eigenvalue weighted by molar-refractivity contribution is 0.0287. The molecule has 0 aromatic carbocycles. The summed E-state index contributed by atoms with van der Waals surface area (Å²) in [4.78, 5) is 4.20. The minimum atomic E-state index is 0.468. The Morgan fingerprint density at radius 1 is 1.28 bits per heavy atom. The van der Waals surface area contributed by atoms with Gasteiger partial charge in [0, 0.05) is 17.5 Å². The van der Waals surface area contributed by atoms with Crippen LogP contribution >= 0.6 is 11.3 Å². The van der Waals surface area contributed by atoms with E-state index >= 15 is 0 Å².